The highest BCUT2D eigenvalue weighted by atomic mass is 35.5. The topological polar surface area (TPSA) is 49.4 Å². The van der Waals surface area contributed by atoms with Crippen LogP contribution in [0.3, 0.4) is 0 Å². The van der Waals surface area contributed by atoms with Crippen molar-refractivity contribution in [3.05, 3.63) is 65.2 Å². The van der Waals surface area contributed by atoms with E-state index in [1.54, 1.807) is 24.3 Å². The maximum atomic E-state index is 12.4. The lowest BCUT2D eigenvalue weighted by atomic mass is 9.95. The highest BCUT2D eigenvalue weighted by Crippen LogP contribution is 2.21. The Bertz CT molecular complexity index is 708. The SMILES string of the molecule is O=C(Nc1ccc(Cl)cc1)C1CCN(C(=O)c2ccccc2)CC1. The number of likely N-dealkylation sites (tertiary alicyclic amines) is 1. The number of benzene rings is 2. The van der Waals surface area contributed by atoms with Crippen molar-refractivity contribution >= 4 is 29.1 Å². The molecule has 0 aromatic heterocycles. The van der Waals surface area contributed by atoms with Crippen LogP contribution in [0.15, 0.2) is 54.6 Å². The molecule has 1 heterocycles. The van der Waals surface area contributed by atoms with E-state index in [9.17, 15) is 9.59 Å². The maximum Gasteiger partial charge on any atom is 0.253 e. The molecule has 0 radical (unpaired) electrons. The van der Waals surface area contributed by atoms with Crippen LogP contribution in [0.25, 0.3) is 0 Å². The highest BCUT2D eigenvalue weighted by molar-refractivity contribution is 6.30. The number of carbonyl (C=O) groups excluding carboxylic acids is 2. The van der Waals surface area contributed by atoms with Crippen LogP contribution in [0.1, 0.15) is 23.2 Å². The minimum absolute atomic E-state index is 0.00383. The smallest absolute Gasteiger partial charge is 0.253 e. The summed E-state index contributed by atoms with van der Waals surface area (Å²) in [4.78, 5) is 26.6. The van der Waals surface area contributed by atoms with Gasteiger partial charge in [-0.05, 0) is 49.2 Å². The lowest BCUT2D eigenvalue weighted by Gasteiger charge is -2.31. The van der Waals surface area contributed by atoms with Gasteiger partial charge in [0.2, 0.25) is 5.91 Å². The van der Waals surface area contributed by atoms with E-state index in [0.29, 0.717) is 36.5 Å². The van der Waals surface area contributed by atoms with Gasteiger partial charge in [0.15, 0.2) is 0 Å². The van der Waals surface area contributed by atoms with Crippen LogP contribution < -0.4 is 5.32 Å². The summed E-state index contributed by atoms with van der Waals surface area (Å²) in [6.07, 6.45) is 1.36. The molecule has 0 unspecified atom stereocenters. The predicted octanol–water partition coefficient (Wildman–Crippen LogP) is 3.83. The lowest BCUT2D eigenvalue weighted by molar-refractivity contribution is -0.121. The standard InChI is InChI=1S/C19H19ClN2O2/c20-16-6-8-17(9-7-16)21-18(23)14-10-12-22(13-11-14)19(24)15-4-2-1-3-5-15/h1-9,14H,10-13H2,(H,21,23). The second-order valence-electron chi connectivity index (χ2n) is 5.93. The molecule has 5 heteroatoms. The minimum atomic E-state index is -0.0690. The Morgan fingerprint density at radius 2 is 1.58 bits per heavy atom. The van der Waals surface area contributed by atoms with Crippen LogP contribution in [0.4, 0.5) is 5.69 Å². The molecule has 0 spiro atoms. The molecular weight excluding hydrogens is 324 g/mol. The Labute approximate surface area is 146 Å². The molecule has 2 amide bonds. The third-order valence-electron chi connectivity index (χ3n) is 4.29. The molecule has 0 aliphatic carbocycles. The third kappa shape index (κ3) is 3.95. The molecule has 0 saturated carbocycles. The zero-order valence-electron chi connectivity index (χ0n) is 13.2. The molecule has 1 aliphatic heterocycles. The molecule has 1 fully saturated rings. The number of anilines is 1. The summed E-state index contributed by atoms with van der Waals surface area (Å²) >= 11 is 5.84. The van der Waals surface area contributed by atoms with Gasteiger partial charge in [-0.25, -0.2) is 0 Å². The Kier molecular flexibility index (Phi) is 5.16. The third-order valence-corrected chi connectivity index (χ3v) is 4.54. The summed E-state index contributed by atoms with van der Waals surface area (Å²) in [5.41, 5.74) is 1.44. The molecule has 1 aliphatic rings. The number of hydrogen-bond acceptors (Lipinski definition) is 2. The average Bonchev–Trinajstić information content (AvgIpc) is 2.64. The molecule has 4 nitrogen and oxygen atoms in total. The van der Waals surface area contributed by atoms with Crippen LogP contribution in [0.2, 0.25) is 5.02 Å². The van der Waals surface area contributed by atoms with E-state index in [1.807, 2.05) is 35.2 Å². The number of nitrogens with one attached hydrogen (secondary N) is 1. The van der Waals surface area contributed by atoms with Crippen molar-refractivity contribution in [1.82, 2.24) is 4.90 Å². The molecule has 1 N–H and O–H groups in total. The van der Waals surface area contributed by atoms with Crippen molar-refractivity contribution in [2.45, 2.75) is 12.8 Å². The fourth-order valence-corrected chi connectivity index (χ4v) is 3.01. The predicted molar refractivity (Wildman–Crippen MR) is 95.2 cm³/mol. The van der Waals surface area contributed by atoms with Gasteiger partial charge in [0.05, 0.1) is 0 Å². The van der Waals surface area contributed by atoms with E-state index in [1.165, 1.54) is 0 Å². The Morgan fingerprint density at radius 1 is 0.958 bits per heavy atom. The van der Waals surface area contributed by atoms with Crippen molar-refractivity contribution < 1.29 is 9.59 Å². The van der Waals surface area contributed by atoms with Crippen LogP contribution >= 0.6 is 11.6 Å². The van der Waals surface area contributed by atoms with Crippen LogP contribution in [-0.2, 0) is 4.79 Å². The van der Waals surface area contributed by atoms with E-state index >= 15 is 0 Å². The number of carbonyl (C=O) groups is 2. The summed E-state index contributed by atoms with van der Waals surface area (Å²) in [6, 6.07) is 16.3. The van der Waals surface area contributed by atoms with E-state index in [4.69, 9.17) is 11.6 Å². The first kappa shape index (κ1) is 16.5. The lowest BCUT2D eigenvalue weighted by Crippen LogP contribution is -2.41. The van der Waals surface area contributed by atoms with Gasteiger partial charge in [-0.3, -0.25) is 9.59 Å². The van der Waals surface area contributed by atoms with Crippen LogP contribution in [0, 0.1) is 5.92 Å². The first-order chi connectivity index (χ1) is 11.6. The molecule has 0 bridgehead atoms. The highest BCUT2D eigenvalue weighted by Gasteiger charge is 2.27. The summed E-state index contributed by atoms with van der Waals surface area (Å²) in [6.45, 7) is 1.21. The number of halogens is 1. The van der Waals surface area contributed by atoms with E-state index in [-0.39, 0.29) is 17.7 Å². The van der Waals surface area contributed by atoms with Gasteiger partial charge in [0, 0.05) is 35.3 Å². The van der Waals surface area contributed by atoms with Gasteiger partial charge in [-0.2, -0.15) is 0 Å². The van der Waals surface area contributed by atoms with Crippen molar-refractivity contribution in [3.63, 3.8) is 0 Å². The Morgan fingerprint density at radius 3 is 2.21 bits per heavy atom. The van der Waals surface area contributed by atoms with Crippen molar-refractivity contribution in [1.29, 1.82) is 0 Å². The normalized spacial score (nSPS) is 15.1. The molecule has 124 valence electrons. The molecule has 1 saturated heterocycles. The van der Waals surface area contributed by atoms with Gasteiger partial charge in [-0.1, -0.05) is 29.8 Å². The summed E-state index contributed by atoms with van der Waals surface area (Å²) in [5, 5.41) is 3.55. The monoisotopic (exact) mass is 342 g/mol. The largest absolute Gasteiger partial charge is 0.339 e. The average molecular weight is 343 g/mol. The molecule has 2 aromatic carbocycles. The van der Waals surface area contributed by atoms with Crippen molar-refractivity contribution in [2.24, 2.45) is 5.92 Å². The first-order valence-electron chi connectivity index (χ1n) is 8.04. The first-order valence-corrected chi connectivity index (χ1v) is 8.42. The summed E-state index contributed by atoms with van der Waals surface area (Å²) < 4.78 is 0. The minimum Gasteiger partial charge on any atom is -0.339 e. The van der Waals surface area contributed by atoms with Gasteiger partial charge < -0.3 is 10.2 Å². The fraction of sp³-hybridized carbons (Fsp3) is 0.263. The number of nitrogens with zero attached hydrogens (tertiary/aromatic N) is 1. The maximum absolute atomic E-state index is 12.4. The van der Waals surface area contributed by atoms with Gasteiger partial charge in [-0.15, -0.1) is 0 Å². The molecular formula is C19H19ClN2O2. The molecule has 3 rings (SSSR count). The molecule has 2 aromatic rings. The number of amides is 2. The number of hydrogen-bond donors (Lipinski definition) is 1. The Hall–Kier alpha value is -2.33. The van der Waals surface area contributed by atoms with E-state index < -0.39 is 0 Å². The van der Waals surface area contributed by atoms with Crippen LogP contribution in [-0.4, -0.2) is 29.8 Å². The molecule has 24 heavy (non-hydrogen) atoms. The fourth-order valence-electron chi connectivity index (χ4n) is 2.89. The quantitative estimate of drug-likeness (QED) is 0.921. The van der Waals surface area contributed by atoms with Crippen molar-refractivity contribution in [2.75, 3.05) is 18.4 Å². The summed E-state index contributed by atoms with van der Waals surface area (Å²) in [7, 11) is 0. The summed E-state index contributed by atoms with van der Waals surface area (Å²) in [5.74, 6) is -0.0307. The van der Waals surface area contributed by atoms with E-state index in [0.717, 1.165) is 5.69 Å². The molecule has 0 atom stereocenters. The number of rotatable bonds is 3. The van der Waals surface area contributed by atoms with Gasteiger partial charge >= 0.3 is 0 Å². The van der Waals surface area contributed by atoms with Gasteiger partial charge in [0.25, 0.3) is 5.91 Å². The second kappa shape index (κ2) is 7.49. The zero-order valence-corrected chi connectivity index (χ0v) is 14.0. The van der Waals surface area contributed by atoms with Crippen molar-refractivity contribution in [3.8, 4) is 0 Å². The second-order valence-corrected chi connectivity index (χ2v) is 6.37. The van der Waals surface area contributed by atoms with Gasteiger partial charge in [0.1, 0.15) is 0 Å². The number of piperidine rings is 1. The van der Waals surface area contributed by atoms with E-state index in [2.05, 4.69) is 5.32 Å². The Balaban J connectivity index is 1.54. The van der Waals surface area contributed by atoms with Crippen LogP contribution in [0.5, 0.6) is 0 Å². The zero-order chi connectivity index (χ0) is 16.9.